The zero-order valence-electron chi connectivity index (χ0n) is 11.6. The zero-order chi connectivity index (χ0) is 13.7. The highest BCUT2D eigenvalue weighted by Crippen LogP contribution is 2.29. The quantitative estimate of drug-likeness (QED) is 0.814. The Hall–Kier alpha value is -1.62. The summed E-state index contributed by atoms with van der Waals surface area (Å²) in [4.78, 5) is 18.6. The number of nitrogens with zero attached hydrogens (tertiary/aromatic N) is 2. The third-order valence-electron chi connectivity index (χ3n) is 3.20. The minimum absolute atomic E-state index is 0.0450. The summed E-state index contributed by atoms with van der Waals surface area (Å²) in [5, 5.41) is 3.21. The Morgan fingerprint density at radius 1 is 1.58 bits per heavy atom. The molecule has 0 spiro atoms. The first kappa shape index (κ1) is 13.8. The van der Waals surface area contributed by atoms with Gasteiger partial charge in [0.1, 0.15) is 0 Å². The van der Waals surface area contributed by atoms with E-state index in [-0.39, 0.29) is 5.91 Å². The Balaban J connectivity index is 2.16. The van der Waals surface area contributed by atoms with E-state index in [0.717, 1.165) is 25.1 Å². The van der Waals surface area contributed by atoms with Crippen LogP contribution in [0.4, 0.5) is 5.69 Å². The van der Waals surface area contributed by atoms with Gasteiger partial charge in [-0.3, -0.25) is 9.78 Å². The maximum Gasteiger partial charge on any atom is 0.257 e. The van der Waals surface area contributed by atoms with Crippen molar-refractivity contribution in [2.75, 3.05) is 32.1 Å². The molecule has 0 aromatic carbocycles. The summed E-state index contributed by atoms with van der Waals surface area (Å²) in [5.74, 6) is 0.0450. The molecular weight excluding hydrogens is 242 g/mol. The smallest absolute Gasteiger partial charge is 0.257 e. The van der Waals surface area contributed by atoms with Crippen molar-refractivity contribution < 1.29 is 9.53 Å². The first-order chi connectivity index (χ1) is 9.27. The van der Waals surface area contributed by atoms with Crippen LogP contribution in [-0.2, 0) is 4.74 Å². The molecule has 1 heterocycles. The minimum atomic E-state index is 0.0450. The fraction of sp³-hybridized carbons (Fsp3) is 0.571. The molecule has 2 rings (SSSR count). The maximum absolute atomic E-state index is 12.6. The molecule has 1 saturated carbocycles. The lowest BCUT2D eigenvalue weighted by Gasteiger charge is -2.23. The van der Waals surface area contributed by atoms with Gasteiger partial charge in [0.2, 0.25) is 0 Å². The van der Waals surface area contributed by atoms with Gasteiger partial charge in [0, 0.05) is 38.6 Å². The highest BCUT2D eigenvalue weighted by Gasteiger charge is 2.33. The summed E-state index contributed by atoms with van der Waals surface area (Å²) in [6, 6.07) is 2.22. The van der Waals surface area contributed by atoms with Crippen LogP contribution in [0.1, 0.15) is 30.1 Å². The minimum Gasteiger partial charge on any atom is -0.385 e. The number of pyridine rings is 1. The Morgan fingerprint density at radius 2 is 2.37 bits per heavy atom. The van der Waals surface area contributed by atoms with Crippen molar-refractivity contribution in [1.29, 1.82) is 0 Å². The number of carbonyl (C=O) groups is 1. The largest absolute Gasteiger partial charge is 0.385 e. The molecule has 104 valence electrons. The molecule has 0 bridgehead atoms. The third-order valence-corrected chi connectivity index (χ3v) is 3.20. The van der Waals surface area contributed by atoms with E-state index in [4.69, 9.17) is 4.74 Å². The van der Waals surface area contributed by atoms with Gasteiger partial charge in [-0.2, -0.15) is 0 Å². The predicted octanol–water partition coefficient (Wildman–Crippen LogP) is 1.76. The molecular formula is C14H21N3O2. The molecule has 1 N–H and O–H groups in total. The van der Waals surface area contributed by atoms with Crippen molar-refractivity contribution in [2.45, 2.75) is 25.8 Å². The standard InChI is InChI=1S/C14H21N3O2/c1-3-16-13-6-7-15-10-12(13)14(18)17(8-9-19-2)11-4-5-11/h6-7,10-11H,3-5,8-9H2,1-2H3,(H,15,16). The fourth-order valence-electron chi connectivity index (χ4n) is 2.09. The second-order valence-electron chi connectivity index (χ2n) is 4.67. The summed E-state index contributed by atoms with van der Waals surface area (Å²) in [6.45, 7) is 4.00. The van der Waals surface area contributed by atoms with Gasteiger partial charge in [0.05, 0.1) is 17.9 Å². The van der Waals surface area contributed by atoms with E-state index in [0.29, 0.717) is 24.8 Å². The van der Waals surface area contributed by atoms with Crippen LogP contribution in [-0.4, -0.2) is 48.6 Å². The molecule has 1 aliphatic carbocycles. The van der Waals surface area contributed by atoms with Gasteiger partial charge < -0.3 is 15.0 Å². The molecule has 1 fully saturated rings. The van der Waals surface area contributed by atoms with Crippen LogP contribution in [0.5, 0.6) is 0 Å². The highest BCUT2D eigenvalue weighted by molar-refractivity contribution is 5.99. The van der Waals surface area contributed by atoms with Crippen LogP contribution in [0.3, 0.4) is 0 Å². The molecule has 1 amide bonds. The molecule has 1 aromatic heterocycles. The second-order valence-corrected chi connectivity index (χ2v) is 4.67. The van der Waals surface area contributed by atoms with E-state index in [1.807, 2.05) is 17.9 Å². The Kier molecular flexibility index (Phi) is 4.74. The Bertz CT molecular complexity index is 432. The number of aromatic nitrogens is 1. The lowest BCUT2D eigenvalue weighted by Crippen LogP contribution is -2.36. The fourth-order valence-corrected chi connectivity index (χ4v) is 2.09. The predicted molar refractivity (Wildman–Crippen MR) is 74.3 cm³/mol. The lowest BCUT2D eigenvalue weighted by molar-refractivity contribution is 0.0680. The zero-order valence-corrected chi connectivity index (χ0v) is 11.6. The molecule has 1 aromatic rings. The first-order valence-electron chi connectivity index (χ1n) is 6.75. The number of ether oxygens (including phenoxy) is 1. The maximum atomic E-state index is 12.6. The summed E-state index contributed by atoms with van der Waals surface area (Å²) >= 11 is 0. The topological polar surface area (TPSA) is 54.5 Å². The van der Waals surface area contributed by atoms with E-state index in [9.17, 15) is 4.79 Å². The van der Waals surface area contributed by atoms with Crippen LogP contribution >= 0.6 is 0 Å². The second kappa shape index (κ2) is 6.52. The summed E-state index contributed by atoms with van der Waals surface area (Å²) in [6.07, 6.45) is 5.52. The normalized spacial score (nSPS) is 14.2. The molecule has 1 aliphatic rings. The van der Waals surface area contributed by atoms with Gasteiger partial charge in [-0.15, -0.1) is 0 Å². The van der Waals surface area contributed by atoms with E-state index in [1.54, 1.807) is 19.5 Å². The van der Waals surface area contributed by atoms with Crippen LogP contribution in [0.2, 0.25) is 0 Å². The first-order valence-corrected chi connectivity index (χ1v) is 6.75. The SMILES string of the molecule is CCNc1ccncc1C(=O)N(CCOC)C1CC1. The number of nitrogens with one attached hydrogen (secondary N) is 1. The summed E-state index contributed by atoms with van der Waals surface area (Å²) in [7, 11) is 1.66. The van der Waals surface area contributed by atoms with Crippen molar-refractivity contribution in [3.63, 3.8) is 0 Å². The number of rotatable bonds is 7. The van der Waals surface area contributed by atoms with Crippen molar-refractivity contribution >= 4 is 11.6 Å². The monoisotopic (exact) mass is 263 g/mol. The number of amides is 1. The van der Waals surface area contributed by atoms with E-state index in [1.165, 1.54) is 0 Å². The summed E-state index contributed by atoms with van der Waals surface area (Å²) < 4.78 is 5.09. The van der Waals surface area contributed by atoms with Crippen molar-refractivity contribution in [2.24, 2.45) is 0 Å². The average Bonchev–Trinajstić information content (AvgIpc) is 3.24. The highest BCUT2D eigenvalue weighted by atomic mass is 16.5. The number of carbonyl (C=O) groups excluding carboxylic acids is 1. The van der Waals surface area contributed by atoms with Crippen LogP contribution in [0, 0.1) is 0 Å². The molecule has 5 heteroatoms. The number of hydrogen-bond donors (Lipinski definition) is 1. The van der Waals surface area contributed by atoms with E-state index >= 15 is 0 Å². The molecule has 0 unspecified atom stereocenters. The van der Waals surface area contributed by atoms with Crippen molar-refractivity contribution in [1.82, 2.24) is 9.88 Å². The van der Waals surface area contributed by atoms with Crippen molar-refractivity contribution in [3.05, 3.63) is 24.0 Å². The Morgan fingerprint density at radius 3 is 3.00 bits per heavy atom. The van der Waals surface area contributed by atoms with Crippen LogP contribution in [0.15, 0.2) is 18.5 Å². The lowest BCUT2D eigenvalue weighted by atomic mass is 10.2. The van der Waals surface area contributed by atoms with Gasteiger partial charge in [0.25, 0.3) is 5.91 Å². The van der Waals surface area contributed by atoms with Crippen molar-refractivity contribution in [3.8, 4) is 0 Å². The van der Waals surface area contributed by atoms with Gasteiger partial charge in [-0.1, -0.05) is 0 Å². The van der Waals surface area contributed by atoms with Gasteiger partial charge >= 0.3 is 0 Å². The van der Waals surface area contributed by atoms with Gasteiger partial charge in [0.15, 0.2) is 0 Å². The summed E-state index contributed by atoms with van der Waals surface area (Å²) in [5.41, 5.74) is 1.50. The van der Waals surface area contributed by atoms with Crippen LogP contribution < -0.4 is 5.32 Å². The molecule has 5 nitrogen and oxygen atoms in total. The molecule has 0 atom stereocenters. The molecule has 0 aliphatic heterocycles. The van der Waals surface area contributed by atoms with E-state index < -0.39 is 0 Å². The Labute approximate surface area is 114 Å². The molecule has 0 radical (unpaired) electrons. The number of methoxy groups -OCH3 is 1. The van der Waals surface area contributed by atoms with E-state index in [2.05, 4.69) is 10.3 Å². The number of hydrogen-bond acceptors (Lipinski definition) is 4. The van der Waals surface area contributed by atoms with Gasteiger partial charge in [-0.05, 0) is 25.8 Å². The number of anilines is 1. The van der Waals surface area contributed by atoms with Crippen LogP contribution in [0.25, 0.3) is 0 Å². The average molecular weight is 263 g/mol. The third kappa shape index (κ3) is 3.44. The van der Waals surface area contributed by atoms with Gasteiger partial charge in [-0.25, -0.2) is 0 Å². The molecule has 19 heavy (non-hydrogen) atoms. The molecule has 0 saturated heterocycles.